The lowest BCUT2D eigenvalue weighted by Crippen LogP contribution is -2.33. The highest BCUT2D eigenvalue weighted by Crippen LogP contribution is 2.18. The van der Waals surface area contributed by atoms with Gasteiger partial charge >= 0.3 is 0 Å². The summed E-state index contributed by atoms with van der Waals surface area (Å²) in [5, 5.41) is 12.4. The van der Waals surface area contributed by atoms with Crippen LogP contribution in [-0.4, -0.2) is 48.2 Å². The maximum atomic E-state index is 11.4. The third kappa shape index (κ3) is 5.74. The van der Waals surface area contributed by atoms with Crippen LogP contribution in [0.15, 0.2) is 0 Å². The number of aliphatic hydroxyl groups excluding tert-OH is 1. The summed E-state index contributed by atoms with van der Waals surface area (Å²) in [6, 6.07) is 0.448. The van der Waals surface area contributed by atoms with E-state index in [1.165, 1.54) is 0 Å². The Labute approximate surface area is 91.6 Å². The van der Waals surface area contributed by atoms with Crippen molar-refractivity contribution in [3.05, 3.63) is 0 Å². The van der Waals surface area contributed by atoms with Crippen molar-refractivity contribution in [2.24, 2.45) is 0 Å². The molecular weight excluding hydrogens is 192 g/mol. The van der Waals surface area contributed by atoms with Gasteiger partial charge in [-0.05, 0) is 26.3 Å². The summed E-state index contributed by atoms with van der Waals surface area (Å²) in [5.41, 5.74) is 0. The average Bonchev–Trinajstić information content (AvgIpc) is 2.98. The van der Waals surface area contributed by atoms with E-state index in [9.17, 15) is 9.90 Å². The van der Waals surface area contributed by atoms with Gasteiger partial charge in [0.1, 0.15) is 0 Å². The second-order valence-electron chi connectivity index (χ2n) is 4.42. The first-order valence-electron chi connectivity index (χ1n) is 5.77. The van der Waals surface area contributed by atoms with Crippen molar-refractivity contribution >= 4 is 5.91 Å². The van der Waals surface area contributed by atoms with Crippen LogP contribution in [0, 0.1) is 0 Å². The molecule has 0 aliphatic heterocycles. The van der Waals surface area contributed by atoms with Gasteiger partial charge in [0.25, 0.3) is 0 Å². The molecule has 1 saturated carbocycles. The van der Waals surface area contributed by atoms with Crippen LogP contribution in [0.25, 0.3) is 0 Å². The number of carbonyl (C=O) groups is 1. The van der Waals surface area contributed by atoms with E-state index in [0.29, 0.717) is 19.0 Å². The van der Waals surface area contributed by atoms with Gasteiger partial charge in [0.15, 0.2) is 0 Å². The van der Waals surface area contributed by atoms with Crippen LogP contribution in [0.4, 0.5) is 0 Å². The minimum absolute atomic E-state index is 0.135. The number of nitrogens with zero attached hydrogens (tertiary/aromatic N) is 1. The normalized spacial score (nSPS) is 17.9. The summed E-state index contributed by atoms with van der Waals surface area (Å²) in [5.74, 6) is 0.135. The summed E-state index contributed by atoms with van der Waals surface area (Å²) in [7, 11) is 1.93. The quantitative estimate of drug-likeness (QED) is 0.643. The van der Waals surface area contributed by atoms with Crippen molar-refractivity contribution in [2.75, 3.05) is 20.1 Å². The molecule has 0 saturated heterocycles. The third-order valence-corrected chi connectivity index (χ3v) is 2.66. The molecule has 1 fully saturated rings. The van der Waals surface area contributed by atoms with Gasteiger partial charge in [0.05, 0.1) is 6.10 Å². The summed E-state index contributed by atoms with van der Waals surface area (Å²) in [6.45, 7) is 3.32. The number of carbonyl (C=O) groups excluding carboxylic acids is 1. The van der Waals surface area contributed by atoms with Crippen LogP contribution >= 0.6 is 0 Å². The van der Waals surface area contributed by atoms with Crippen LogP contribution in [0.3, 0.4) is 0 Å². The number of hydrogen-bond acceptors (Lipinski definition) is 3. The molecule has 1 rings (SSSR count). The third-order valence-electron chi connectivity index (χ3n) is 2.66. The fraction of sp³-hybridized carbons (Fsp3) is 0.909. The van der Waals surface area contributed by atoms with Crippen molar-refractivity contribution in [2.45, 2.75) is 44.8 Å². The lowest BCUT2D eigenvalue weighted by Gasteiger charge is -2.19. The number of aliphatic hydroxyl groups is 1. The molecule has 0 radical (unpaired) electrons. The average molecular weight is 214 g/mol. The van der Waals surface area contributed by atoms with Gasteiger partial charge in [0.2, 0.25) is 5.91 Å². The molecule has 0 aromatic carbocycles. The molecule has 4 nitrogen and oxygen atoms in total. The van der Waals surface area contributed by atoms with Crippen molar-refractivity contribution < 1.29 is 9.90 Å². The molecular formula is C11H22N2O2. The molecule has 0 bridgehead atoms. The van der Waals surface area contributed by atoms with Crippen molar-refractivity contribution in [1.82, 2.24) is 10.2 Å². The molecule has 2 N–H and O–H groups in total. The highest BCUT2D eigenvalue weighted by Gasteiger charge is 2.22. The van der Waals surface area contributed by atoms with Gasteiger partial charge in [0, 0.05) is 25.6 Å². The molecule has 0 heterocycles. The molecule has 4 heteroatoms. The minimum atomic E-state index is -0.276. The minimum Gasteiger partial charge on any atom is -0.392 e. The summed E-state index contributed by atoms with van der Waals surface area (Å²) < 4.78 is 0. The van der Waals surface area contributed by atoms with Crippen LogP contribution in [0.2, 0.25) is 0 Å². The van der Waals surface area contributed by atoms with Gasteiger partial charge < -0.3 is 15.3 Å². The number of likely N-dealkylation sites (N-methyl/N-ethyl adjacent to an activating group) is 1. The fourth-order valence-electron chi connectivity index (χ4n) is 1.40. The molecule has 1 atom stereocenters. The van der Waals surface area contributed by atoms with Crippen LogP contribution < -0.4 is 5.32 Å². The Kier molecular flexibility index (Phi) is 5.05. The number of rotatable bonds is 7. The predicted octanol–water partition coefficient (Wildman–Crippen LogP) is 0.358. The molecule has 0 spiro atoms. The summed E-state index contributed by atoms with van der Waals surface area (Å²) in [6.07, 6.45) is 3.29. The smallest absolute Gasteiger partial charge is 0.221 e. The maximum absolute atomic E-state index is 11.4. The zero-order valence-electron chi connectivity index (χ0n) is 9.70. The largest absolute Gasteiger partial charge is 0.392 e. The topological polar surface area (TPSA) is 52.6 Å². The molecule has 1 aliphatic carbocycles. The first-order chi connectivity index (χ1) is 7.11. The molecule has 1 amide bonds. The van der Waals surface area contributed by atoms with Crippen molar-refractivity contribution in [3.63, 3.8) is 0 Å². The SMILES string of the molecule is CC[C@@H](O)CN(C)CCC(=O)NC1CC1. The highest BCUT2D eigenvalue weighted by molar-refractivity contribution is 5.76. The summed E-state index contributed by atoms with van der Waals surface area (Å²) in [4.78, 5) is 13.4. The predicted molar refractivity (Wildman–Crippen MR) is 59.6 cm³/mol. The Hall–Kier alpha value is -0.610. The zero-order valence-corrected chi connectivity index (χ0v) is 9.70. The van der Waals surface area contributed by atoms with Crippen LogP contribution in [-0.2, 0) is 4.79 Å². The fourth-order valence-corrected chi connectivity index (χ4v) is 1.40. The van der Waals surface area contributed by atoms with E-state index in [-0.39, 0.29) is 12.0 Å². The van der Waals surface area contributed by atoms with Gasteiger partial charge in [-0.2, -0.15) is 0 Å². The number of nitrogens with one attached hydrogen (secondary N) is 1. The zero-order chi connectivity index (χ0) is 11.3. The number of hydrogen-bond donors (Lipinski definition) is 2. The standard InChI is InChI=1S/C11H22N2O2/c1-3-10(14)8-13(2)7-6-11(15)12-9-4-5-9/h9-10,14H,3-8H2,1-2H3,(H,12,15)/t10-/m1/s1. The molecule has 15 heavy (non-hydrogen) atoms. The molecule has 0 unspecified atom stereocenters. The molecule has 88 valence electrons. The van der Waals surface area contributed by atoms with Gasteiger partial charge in [-0.15, -0.1) is 0 Å². The highest BCUT2D eigenvalue weighted by atomic mass is 16.3. The van der Waals surface area contributed by atoms with Crippen molar-refractivity contribution in [1.29, 1.82) is 0 Å². The number of amides is 1. The Bertz CT molecular complexity index is 205. The lowest BCUT2D eigenvalue weighted by molar-refractivity contribution is -0.121. The molecule has 0 aromatic heterocycles. The van der Waals surface area contributed by atoms with E-state index in [4.69, 9.17) is 0 Å². The second kappa shape index (κ2) is 6.08. The summed E-state index contributed by atoms with van der Waals surface area (Å²) >= 11 is 0. The maximum Gasteiger partial charge on any atom is 0.221 e. The van der Waals surface area contributed by atoms with E-state index >= 15 is 0 Å². The Balaban J connectivity index is 2.04. The van der Waals surface area contributed by atoms with Crippen LogP contribution in [0.5, 0.6) is 0 Å². The van der Waals surface area contributed by atoms with E-state index in [0.717, 1.165) is 25.8 Å². The van der Waals surface area contributed by atoms with Gasteiger partial charge in [-0.3, -0.25) is 4.79 Å². The van der Waals surface area contributed by atoms with E-state index in [2.05, 4.69) is 5.32 Å². The Morgan fingerprint density at radius 2 is 2.27 bits per heavy atom. The second-order valence-corrected chi connectivity index (χ2v) is 4.42. The van der Waals surface area contributed by atoms with E-state index < -0.39 is 0 Å². The van der Waals surface area contributed by atoms with Gasteiger partial charge in [-0.25, -0.2) is 0 Å². The first-order valence-corrected chi connectivity index (χ1v) is 5.77. The Morgan fingerprint density at radius 3 is 2.80 bits per heavy atom. The van der Waals surface area contributed by atoms with E-state index in [1.54, 1.807) is 0 Å². The molecule has 1 aliphatic rings. The Morgan fingerprint density at radius 1 is 1.60 bits per heavy atom. The molecule has 0 aromatic rings. The van der Waals surface area contributed by atoms with Crippen LogP contribution in [0.1, 0.15) is 32.6 Å². The van der Waals surface area contributed by atoms with Crippen molar-refractivity contribution in [3.8, 4) is 0 Å². The first kappa shape index (κ1) is 12.5. The monoisotopic (exact) mass is 214 g/mol. The lowest BCUT2D eigenvalue weighted by atomic mass is 10.2. The van der Waals surface area contributed by atoms with Gasteiger partial charge in [-0.1, -0.05) is 6.92 Å². The van der Waals surface area contributed by atoms with E-state index in [1.807, 2.05) is 18.9 Å².